The lowest BCUT2D eigenvalue weighted by Crippen LogP contribution is -2.34. The molecule has 0 aliphatic heterocycles. The summed E-state index contributed by atoms with van der Waals surface area (Å²) in [6.07, 6.45) is 0. The molecule has 2 aromatic rings. The number of phenolic OH excluding ortho intramolecular Hbond substituents is 1. The second kappa shape index (κ2) is 4.52. The summed E-state index contributed by atoms with van der Waals surface area (Å²) in [7, 11) is -4.75. The molecule has 0 bridgehead atoms. The van der Waals surface area contributed by atoms with Gasteiger partial charge in [-0.1, -0.05) is 24.3 Å². The molecule has 100 valence electrons. The van der Waals surface area contributed by atoms with Crippen LogP contribution in [0.25, 0.3) is 10.8 Å². The molecule has 0 radical (unpaired) electrons. The normalized spacial score (nSPS) is 11.5. The van der Waals surface area contributed by atoms with E-state index in [1.165, 1.54) is 18.2 Å². The van der Waals surface area contributed by atoms with Crippen LogP contribution in [0.15, 0.2) is 36.4 Å². The van der Waals surface area contributed by atoms with Crippen molar-refractivity contribution in [3.63, 3.8) is 0 Å². The first-order valence-corrected chi connectivity index (χ1v) is 6.71. The van der Waals surface area contributed by atoms with Gasteiger partial charge in [-0.25, -0.2) is 0 Å². The van der Waals surface area contributed by atoms with Crippen LogP contribution in [-0.4, -0.2) is 24.0 Å². The van der Waals surface area contributed by atoms with Crippen molar-refractivity contribution in [1.82, 2.24) is 0 Å². The number of hydrogen-bond acceptors (Lipinski definition) is 4. The lowest BCUT2D eigenvalue weighted by molar-refractivity contribution is -0.115. The molecule has 2 aromatic carbocycles. The van der Waals surface area contributed by atoms with Crippen LogP contribution in [0.2, 0.25) is 0 Å². The molecule has 0 atom stereocenters. The Morgan fingerprint density at radius 3 is 2.26 bits per heavy atom. The summed E-state index contributed by atoms with van der Waals surface area (Å²) in [6, 6.07) is 9.12. The number of nitrogens with zero attached hydrogens (tertiary/aromatic N) is 1. The molecule has 0 heterocycles. The van der Waals surface area contributed by atoms with Gasteiger partial charge in [-0.05, 0) is 17.5 Å². The van der Waals surface area contributed by atoms with Gasteiger partial charge in [0.15, 0.2) is 0 Å². The maximum absolute atomic E-state index is 11.5. The van der Waals surface area contributed by atoms with Crippen molar-refractivity contribution in [2.75, 3.05) is 4.31 Å². The van der Waals surface area contributed by atoms with E-state index in [1.54, 1.807) is 18.2 Å². The Labute approximate surface area is 109 Å². The van der Waals surface area contributed by atoms with Crippen LogP contribution in [0.3, 0.4) is 0 Å². The van der Waals surface area contributed by atoms with Crippen LogP contribution in [0, 0.1) is 0 Å². The van der Waals surface area contributed by atoms with Crippen molar-refractivity contribution < 1.29 is 22.9 Å². The zero-order valence-electron chi connectivity index (χ0n) is 9.94. The molecule has 0 aliphatic carbocycles. The summed E-state index contributed by atoms with van der Waals surface area (Å²) >= 11 is 0. The second-order valence-corrected chi connectivity index (χ2v) is 5.17. The molecule has 19 heavy (non-hydrogen) atoms. The first-order chi connectivity index (χ1) is 8.82. The Morgan fingerprint density at radius 2 is 1.74 bits per heavy atom. The number of rotatable bonds is 2. The van der Waals surface area contributed by atoms with Gasteiger partial charge in [-0.3, -0.25) is 9.35 Å². The number of anilines is 1. The van der Waals surface area contributed by atoms with Crippen LogP contribution in [0.5, 0.6) is 5.75 Å². The van der Waals surface area contributed by atoms with Gasteiger partial charge in [0.05, 0.1) is 5.69 Å². The molecule has 0 fully saturated rings. The van der Waals surface area contributed by atoms with E-state index in [9.17, 15) is 18.3 Å². The fourth-order valence-electron chi connectivity index (χ4n) is 1.93. The van der Waals surface area contributed by atoms with Crippen LogP contribution in [-0.2, 0) is 15.1 Å². The Balaban J connectivity index is 2.85. The Morgan fingerprint density at radius 1 is 1.16 bits per heavy atom. The highest BCUT2D eigenvalue weighted by molar-refractivity contribution is 7.88. The van der Waals surface area contributed by atoms with Gasteiger partial charge in [0.25, 0.3) is 0 Å². The summed E-state index contributed by atoms with van der Waals surface area (Å²) < 4.78 is 32.0. The molecule has 0 unspecified atom stereocenters. The predicted octanol–water partition coefficient (Wildman–Crippen LogP) is 1.70. The van der Waals surface area contributed by atoms with Gasteiger partial charge in [-0.2, -0.15) is 12.7 Å². The van der Waals surface area contributed by atoms with E-state index >= 15 is 0 Å². The van der Waals surface area contributed by atoms with E-state index < -0.39 is 16.2 Å². The standard InChI is InChI=1S/C12H11NO5S/c1-8(14)13(19(16,17)18)10-6-2-4-9-5-3-7-11(15)12(9)10/h2-7,15H,1H3,(H,16,17,18). The molecule has 1 amide bonds. The second-order valence-electron chi connectivity index (χ2n) is 3.91. The topological polar surface area (TPSA) is 94.9 Å². The van der Waals surface area contributed by atoms with Crippen LogP contribution < -0.4 is 4.31 Å². The number of amides is 1. The van der Waals surface area contributed by atoms with E-state index in [4.69, 9.17) is 4.55 Å². The highest BCUT2D eigenvalue weighted by Gasteiger charge is 2.26. The quantitative estimate of drug-likeness (QED) is 0.817. The lowest BCUT2D eigenvalue weighted by Gasteiger charge is -2.19. The van der Waals surface area contributed by atoms with Crippen molar-refractivity contribution in [2.45, 2.75) is 6.92 Å². The van der Waals surface area contributed by atoms with Gasteiger partial charge in [0.1, 0.15) is 5.75 Å². The van der Waals surface area contributed by atoms with E-state index in [0.717, 1.165) is 6.92 Å². The third kappa shape index (κ3) is 2.38. The summed E-state index contributed by atoms with van der Waals surface area (Å²) in [5, 5.41) is 10.6. The SMILES string of the molecule is CC(=O)N(c1cccc2cccc(O)c12)S(=O)(=O)O. The number of hydrogen-bond donors (Lipinski definition) is 2. The Bertz CT molecular complexity index is 749. The van der Waals surface area contributed by atoms with Crippen molar-refractivity contribution in [3.05, 3.63) is 36.4 Å². The lowest BCUT2D eigenvalue weighted by atomic mass is 10.1. The first kappa shape index (κ1) is 13.3. The van der Waals surface area contributed by atoms with E-state index in [1.807, 2.05) is 0 Å². The van der Waals surface area contributed by atoms with Gasteiger partial charge in [0, 0.05) is 12.3 Å². The summed E-state index contributed by atoms with van der Waals surface area (Å²) in [5.41, 5.74) is -0.0920. The van der Waals surface area contributed by atoms with Gasteiger partial charge in [-0.15, -0.1) is 0 Å². The van der Waals surface area contributed by atoms with Crippen molar-refractivity contribution in [3.8, 4) is 5.75 Å². The van der Waals surface area contributed by atoms with Crippen molar-refractivity contribution >= 4 is 32.7 Å². The minimum Gasteiger partial charge on any atom is -0.507 e. The van der Waals surface area contributed by atoms with Crippen molar-refractivity contribution in [1.29, 1.82) is 0 Å². The van der Waals surface area contributed by atoms with E-state index in [-0.39, 0.29) is 21.1 Å². The number of phenols is 1. The molecule has 0 spiro atoms. The smallest absolute Gasteiger partial charge is 0.366 e. The minimum atomic E-state index is -4.75. The molecule has 0 saturated carbocycles. The summed E-state index contributed by atoms with van der Waals surface area (Å²) in [5.74, 6) is -1.05. The molecule has 0 aliphatic rings. The highest BCUT2D eigenvalue weighted by atomic mass is 32.2. The molecule has 0 saturated heterocycles. The molecule has 2 rings (SSSR count). The van der Waals surface area contributed by atoms with Gasteiger partial charge < -0.3 is 5.11 Å². The first-order valence-electron chi connectivity index (χ1n) is 5.31. The average Bonchev–Trinajstić information content (AvgIpc) is 2.27. The fourth-order valence-corrected chi connectivity index (χ4v) is 2.65. The third-order valence-corrected chi connectivity index (χ3v) is 3.51. The minimum absolute atomic E-state index is 0.0920. The molecule has 0 aromatic heterocycles. The molecular weight excluding hydrogens is 270 g/mol. The van der Waals surface area contributed by atoms with E-state index in [2.05, 4.69) is 0 Å². The number of aromatic hydroxyl groups is 1. The van der Waals surface area contributed by atoms with Crippen LogP contribution in [0.1, 0.15) is 6.92 Å². The zero-order chi connectivity index (χ0) is 14.2. The van der Waals surface area contributed by atoms with Crippen LogP contribution in [0.4, 0.5) is 5.69 Å². The fraction of sp³-hybridized carbons (Fsp3) is 0.0833. The molecular formula is C12H11NO5S. The monoisotopic (exact) mass is 281 g/mol. The number of benzene rings is 2. The van der Waals surface area contributed by atoms with Crippen LogP contribution >= 0.6 is 0 Å². The predicted molar refractivity (Wildman–Crippen MR) is 70.3 cm³/mol. The Kier molecular flexibility index (Phi) is 3.17. The number of carbonyl (C=O) groups excluding carboxylic acids is 1. The van der Waals surface area contributed by atoms with E-state index in [0.29, 0.717) is 5.39 Å². The third-order valence-electron chi connectivity index (χ3n) is 2.60. The summed E-state index contributed by atoms with van der Waals surface area (Å²) in [4.78, 5) is 11.5. The number of fused-ring (bicyclic) bond motifs is 1. The largest absolute Gasteiger partial charge is 0.507 e. The maximum atomic E-state index is 11.5. The van der Waals surface area contributed by atoms with Gasteiger partial charge >= 0.3 is 10.3 Å². The molecule has 2 N–H and O–H groups in total. The highest BCUT2D eigenvalue weighted by Crippen LogP contribution is 2.34. The average molecular weight is 281 g/mol. The molecule has 6 nitrogen and oxygen atoms in total. The number of carbonyl (C=O) groups is 1. The zero-order valence-corrected chi connectivity index (χ0v) is 10.8. The summed E-state index contributed by atoms with van der Waals surface area (Å²) in [6.45, 7) is 1.01. The Hall–Kier alpha value is -2.12. The maximum Gasteiger partial charge on any atom is 0.366 e. The van der Waals surface area contributed by atoms with Crippen molar-refractivity contribution in [2.24, 2.45) is 0 Å². The van der Waals surface area contributed by atoms with Gasteiger partial charge in [0.2, 0.25) is 5.91 Å². The molecule has 7 heteroatoms.